The molecule has 3 nitrogen and oxygen atoms in total. The van der Waals surface area contributed by atoms with Crippen molar-refractivity contribution in [3.8, 4) is 0 Å². The lowest BCUT2D eigenvalue weighted by atomic mass is 10.1. The van der Waals surface area contributed by atoms with Gasteiger partial charge in [-0.3, -0.25) is 4.79 Å². The van der Waals surface area contributed by atoms with Crippen molar-refractivity contribution in [1.82, 2.24) is 5.32 Å². The Kier molecular flexibility index (Phi) is 4.53. The van der Waals surface area contributed by atoms with Gasteiger partial charge in [-0.2, -0.15) is 0 Å². The van der Waals surface area contributed by atoms with E-state index in [9.17, 15) is 4.79 Å². The van der Waals surface area contributed by atoms with E-state index in [1.807, 2.05) is 19.1 Å². The van der Waals surface area contributed by atoms with Crippen LogP contribution in [0.15, 0.2) is 42.5 Å². The third-order valence-corrected chi connectivity index (χ3v) is 3.60. The number of carbonyl (C=O) groups is 1. The molecular formula is C15H14Cl2N2O. The van der Waals surface area contributed by atoms with Crippen LogP contribution < -0.4 is 11.1 Å². The molecule has 104 valence electrons. The zero-order chi connectivity index (χ0) is 14.7. The van der Waals surface area contributed by atoms with Crippen molar-refractivity contribution in [2.24, 2.45) is 0 Å². The van der Waals surface area contributed by atoms with Gasteiger partial charge in [-0.1, -0.05) is 41.4 Å². The van der Waals surface area contributed by atoms with Crippen LogP contribution in [0.4, 0.5) is 5.69 Å². The van der Waals surface area contributed by atoms with E-state index in [2.05, 4.69) is 5.32 Å². The van der Waals surface area contributed by atoms with Crippen LogP contribution in [-0.2, 0) is 0 Å². The van der Waals surface area contributed by atoms with Crippen LogP contribution in [0.1, 0.15) is 28.9 Å². The second kappa shape index (κ2) is 6.16. The Morgan fingerprint density at radius 1 is 1.10 bits per heavy atom. The highest BCUT2D eigenvalue weighted by Crippen LogP contribution is 2.25. The summed E-state index contributed by atoms with van der Waals surface area (Å²) < 4.78 is 0. The number of nitrogens with one attached hydrogen (secondary N) is 1. The topological polar surface area (TPSA) is 55.1 Å². The molecule has 5 heteroatoms. The first-order valence-corrected chi connectivity index (χ1v) is 6.85. The maximum atomic E-state index is 12.2. The summed E-state index contributed by atoms with van der Waals surface area (Å²) in [6.07, 6.45) is 0. The van der Waals surface area contributed by atoms with Crippen molar-refractivity contribution < 1.29 is 4.79 Å². The van der Waals surface area contributed by atoms with E-state index < -0.39 is 0 Å². The minimum absolute atomic E-state index is 0.171. The van der Waals surface area contributed by atoms with Crippen LogP contribution in [0.3, 0.4) is 0 Å². The predicted molar refractivity (Wildman–Crippen MR) is 83.2 cm³/mol. The standard InChI is InChI=1S/C15H14Cl2N2O/c1-9(10-5-7-11(18)8-6-10)19-15(20)14-12(16)3-2-4-13(14)17/h2-9H,18H2,1H3,(H,19,20). The van der Waals surface area contributed by atoms with Crippen molar-refractivity contribution in [2.45, 2.75) is 13.0 Å². The molecule has 1 amide bonds. The van der Waals surface area contributed by atoms with Crippen LogP contribution >= 0.6 is 23.2 Å². The summed E-state index contributed by atoms with van der Waals surface area (Å²) in [4.78, 5) is 12.2. The highest BCUT2D eigenvalue weighted by atomic mass is 35.5. The molecule has 0 fully saturated rings. The predicted octanol–water partition coefficient (Wildman–Crippen LogP) is 4.07. The fourth-order valence-electron chi connectivity index (χ4n) is 1.85. The first kappa shape index (κ1) is 14.7. The van der Waals surface area contributed by atoms with Gasteiger partial charge < -0.3 is 11.1 Å². The molecule has 0 saturated carbocycles. The quantitative estimate of drug-likeness (QED) is 0.840. The number of anilines is 1. The van der Waals surface area contributed by atoms with Gasteiger partial charge in [-0.15, -0.1) is 0 Å². The van der Waals surface area contributed by atoms with E-state index >= 15 is 0 Å². The Morgan fingerprint density at radius 2 is 1.65 bits per heavy atom. The zero-order valence-electron chi connectivity index (χ0n) is 10.9. The number of hydrogen-bond donors (Lipinski definition) is 2. The number of carbonyl (C=O) groups excluding carboxylic acids is 1. The Labute approximate surface area is 127 Å². The van der Waals surface area contributed by atoms with E-state index in [4.69, 9.17) is 28.9 Å². The summed E-state index contributed by atoms with van der Waals surface area (Å²) in [5.41, 5.74) is 7.56. The molecular weight excluding hydrogens is 295 g/mol. The van der Waals surface area contributed by atoms with Gasteiger partial charge in [0.2, 0.25) is 0 Å². The van der Waals surface area contributed by atoms with Crippen LogP contribution in [0, 0.1) is 0 Å². The lowest BCUT2D eigenvalue weighted by Gasteiger charge is -2.15. The fourth-order valence-corrected chi connectivity index (χ4v) is 2.42. The van der Waals surface area contributed by atoms with Crippen molar-refractivity contribution in [2.75, 3.05) is 5.73 Å². The van der Waals surface area contributed by atoms with E-state index in [0.717, 1.165) is 5.56 Å². The Balaban J connectivity index is 2.17. The molecule has 0 heterocycles. The van der Waals surface area contributed by atoms with Crippen LogP contribution in [0.2, 0.25) is 10.0 Å². The molecule has 0 spiro atoms. The normalized spacial score (nSPS) is 11.9. The molecule has 0 bridgehead atoms. The van der Waals surface area contributed by atoms with E-state index in [1.165, 1.54) is 0 Å². The molecule has 0 radical (unpaired) electrons. The number of nitrogen functional groups attached to an aromatic ring is 1. The number of halogens is 2. The van der Waals surface area contributed by atoms with Gasteiger partial charge >= 0.3 is 0 Å². The fraction of sp³-hybridized carbons (Fsp3) is 0.133. The smallest absolute Gasteiger partial charge is 0.254 e. The molecule has 2 rings (SSSR count). The third-order valence-electron chi connectivity index (χ3n) is 2.97. The van der Waals surface area contributed by atoms with Gasteiger partial charge in [0.15, 0.2) is 0 Å². The SMILES string of the molecule is CC(NC(=O)c1c(Cl)cccc1Cl)c1ccc(N)cc1. The average molecular weight is 309 g/mol. The Hall–Kier alpha value is -1.71. The number of rotatable bonds is 3. The van der Waals surface area contributed by atoms with Gasteiger partial charge in [-0.25, -0.2) is 0 Å². The molecule has 20 heavy (non-hydrogen) atoms. The molecule has 0 aliphatic carbocycles. The second-order valence-electron chi connectivity index (χ2n) is 4.46. The highest BCUT2D eigenvalue weighted by molar-refractivity contribution is 6.39. The third kappa shape index (κ3) is 3.24. The first-order valence-electron chi connectivity index (χ1n) is 6.09. The molecule has 0 saturated heterocycles. The molecule has 2 aromatic carbocycles. The van der Waals surface area contributed by atoms with Crippen LogP contribution in [-0.4, -0.2) is 5.91 Å². The van der Waals surface area contributed by atoms with Gasteiger partial charge in [0.25, 0.3) is 5.91 Å². The number of amides is 1. The van der Waals surface area contributed by atoms with Crippen molar-refractivity contribution in [3.05, 3.63) is 63.6 Å². The molecule has 1 unspecified atom stereocenters. The molecule has 0 aliphatic heterocycles. The lowest BCUT2D eigenvalue weighted by molar-refractivity contribution is 0.0940. The van der Waals surface area contributed by atoms with Crippen LogP contribution in [0.25, 0.3) is 0 Å². The van der Waals surface area contributed by atoms with Crippen molar-refractivity contribution >= 4 is 34.8 Å². The van der Waals surface area contributed by atoms with E-state index in [1.54, 1.807) is 30.3 Å². The van der Waals surface area contributed by atoms with Gasteiger partial charge in [0, 0.05) is 5.69 Å². The van der Waals surface area contributed by atoms with Crippen LogP contribution in [0.5, 0.6) is 0 Å². The minimum Gasteiger partial charge on any atom is -0.399 e. The summed E-state index contributed by atoms with van der Waals surface area (Å²) >= 11 is 12.0. The molecule has 0 aliphatic rings. The maximum absolute atomic E-state index is 12.2. The van der Waals surface area contributed by atoms with Crippen molar-refractivity contribution in [3.63, 3.8) is 0 Å². The van der Waals surface area contributed by atoms with Gasteiger partial charge in [0.05, 0.1) is 21.7 Å². The first-order chi connectivity index (χ1) is 9.49. The van der Waals surface area contributed by atoms with E-state index in [0.29, 0.717) is 15.7 Å². The van der Waals surface area contributed by atoms with Gasteiger partial charge in [-0.05, 0) is 36.8 Å². The molecule has 0 aromatic heterocycles. The number of nitrogens with two attached hydrogens (primary N) is 1. The Bertz CT molecular complexity index is 606. The summed E-state index contributed by atoms with van der Waals surface area (Å²) in [5, 5.41) is 3.53. The monoisotopic (exact) mass is 308 g/mol. The summed E-state index contributed by atoms with van der Waals surface area (Å²) in [6, 6.07) is 12.1. The largest absolute Gasteiger partial charge is 0.399 e. The summed E-state index contributed by atoms with van der Waals surface area (Å²) in [5.74, 6) is -0.301. The van der Waals surface area contributed by atoms with Crippen molar-refractivity contribution in [1.29, 1.82) is 0 Å². The van der Waals surface area contributed by atoms with Gasteiger partial charge in [0.1, 0.15) is 0 Å². The number of benzene rings is 2. The number of hydrogen-bond acceptors (Lipinski definition) is 2. The molecule has 3 N–H and O–H groups in total. The zero-order valence-corrected chi connectivity index (χ0v) is 12.4. The lowest BCUT2D eigenvalue weighted by Crippen LogP contribution is -2.27. The summed E-state index contributed by atoms with van der Waals surface area (Å²) in [6.45, 7) is 1.88. The van der Waals surface area contributed by atoms with E-state index in [-0.39, 0.29) is 17.5 Å². The maximum Gasteiger partial charge on any atom is 0.254 e. The average Bonchev–Trinajstić information content (AvgIpc) is 2.39. The minimum atomic E-state index is -0.301. The highest BCUT2D eigenvalue weighted by Gasteiger charge is 2.17. The Morgan fingerprint density at radius 3 is 2.20 bits per heavy atom. The molecule has 2 aromatic rings. The molecule has 1 atom stereocenters. The summed E-state index contributed by atoms with van der Waals surface area (Å²) in [7, 11) is 0. The second-order valence-corrected chi connectivity index (χ2v) is 5.27.